The van der Waals surface area contributed by atoms with E-state index >= 15 is 0 Å². The van der Waals surface area contributed by atoms with Crippen molar-refractivity contribution in [2.75, 3.05) is 10.2 Å². The van der Waals surface area contributed by atoms with Gasteiger partial charge in [0.05, 0.1) is 28.1 Å². The van der Waals surface area contributed by atoms with Gasteiger partial charge in [0.1, 0.15) is 5.75 Å². The summed E-state index contributed by atoms with van der Waals surface area (Å²) < 4.78 is 0. The molecule has 0 radical (unpaired) electrons. The highest BCUT2D eigenvalue weighted by molar-refractivity contribution is 6.36. The molecule has 0 aromatic heterocycles. The van der Waals surface area contributed by atoms with Crippen LogP contribution in [0, 0.1) is 11.8 Å². The maximum absolute atomic E-state index is 14.2. The summed E-state index contributed by atoms with van der Waals surface area (Å²) in [4.78, 5) is 42.8. The number of hydrogen-bond donors (Lipinski definition) is 2. The second kappa shape index (κ2) is 9.03. The number of nitrogens with one attached hydrogen (secondary N) is 1. The zero-order chi connectivity index (χ0) is 28.7. The van der Waals surface area contributed by atoms with Gasteiger partial charge in [-0.3, -0.25) is 14.4 Å². The van der Waals surface area contributed by atoms with Crippen LogP contribution >= 0.6 is 11.6 Å². The number of fused-ring (bicyclic) bond motifs is 1. The van der Waals surface area contributed by atoms with Crippen LogP contribution < -0.4 is 10.2 Å². The van der Waals surface area contributed by atoms with Gasteiger partial charge in [-0.25, -0.2) is 4.90 Å². The molecule has 6 nitrogen and oxygen atoms in total. The van der Waals surface area contributed by atoms with Gasteiger partial charge in [-0.05, 0) is 51.9 Å². The number of phenols is 1. The molecule has 3 amide bonds. The fraction of sp³-hybridized carbons (Fsp3) is 0.114. The van der Waals surface area contributed by atoms with E-state index in [9.17, 15) is 19.5 Å². The van der Waals surface area contributed by atoms with Crippen LogP contribution in [0.25, 0.3) is 10.8 Å². The molecule has 2 atom stereocenters. The Morgan fingerprint density at radius 2 is 1.26 bits per heavy atom. The standard InChI is InChI=1S/C35H23ClN2O4/c36-26-16-14-19(37-33(40)25-15-13-18-7-1-2-8-20(18)32(25)39)17-27(26)38-34(41)30-28-21-9-3-4-10-22(21)29(31(30)35(38)42)24-12-6-5-11-23(24)28/h1-17,28-31,39H,(H,37,40)/t28?,29?,30-,31-/m0/s1. The fourth-order valence-electron chi connectivity index (χ4n) is 7.31. The molecule has 3 aliphatic carbocycles. The quantitative estimate of drug-likeness (QED) is 0.232. The number of halogens is 1. The number of carbonyl (C=O) groups excluding carboxylic acids is 3. The smallest absolute Gasteiger partial charge is 0.259 e. The third-order valence-electron chi connectivity index (χ3n) is 9.04. The van der Waals surface area contributed by atoms with Crippen molar-refractivity contribution < 1.29 is 19.5 Å². The fourth-order valence-corrected chi connectivity index (χ4v) is 7.52. The second-order valence-corrected chi connectivity index (χ2v) is 11.5. The van der Waals surface area contributed by atoms with Crippen LogP contribution in [0.15, 0.2) is 103 Å². The van der Waals surface area contributed by atoms with Gasteiger partial charge in [0.2, 0.25) is 11.8 Å². The average Bonchev–Trinajstić information content (AvgIpc) is 3.28. The number of carbonyl (C=O) groups is 3. The molecule has 1 saturated heterocycles. The molecule has 5 aromatic carbocycles. The summed E-state index contributed by atoms with van der Waals surface area (Å²) in [7, 11) is 0. The topological polar surface area (TPSA) is 86.7 Å². The Morgan fingerprint density at radius 1 is 0.714 bits per heavy atom. The number of amides is 3. The van der Waals surface area contributed by atoms with Crippen LogP contribution in [-0.4, -0.2) is 22.8 Å². The van der Waals surface area contributed by atoms with Gasteiger partial charge in [0.15, 0.2) is 0 Å². The van der Waals surface area contributed by atoms with Gasteiger partial charge < -0.3 is 10.4 Å². The first-order valence-electron chi connectivity index (χ1n) is 13.8. The van der Waals surface area contributed by atoms with Crippen LogP contribution in [0.4, 0.5) is 11.4 Å². The minimum Gasteiger partial charge on any atom is -0.506 e. The van der Waals surface area contributed by atoms with Crippen LogP contribution in [0.5, 0.6) is 5.75 Å². The van der Waals surface area contributed by atoms with E-state index in [1.165, 1.54) is 4.90 Å². The minimum atomic E-state index is -0.545. The molecule has 5 aromatic rings. The molecular weight excluding hydrogens is 548 g/mol. The Kier molecular flexibility index (Phi) is 5.34. The Labute approximate surface area is 246 Å². The monoisotopic (exact) mass is 570 g/mol. The number of imide groups is 1. The molecule has 0 saturated carbocycles. The lowest BCUT2D eigenvalue weighted by Crippen LogP contribution is -2.41. The van der Waals surface area contributed by atoms with Gasteiger partial charge in [-0.1, -0.05) is 90.5 Å². The second-order valence-electron chi connectivity index (χ2n) is 11.1. The largest absolute Gasteiger partial charge is 0.506 e. The van der Waals surface area contributed by atoms with E-state index < -0.39 is 17.7 Å². The molecule has 42 heavy (non-hydrogen) atoms. The SMILES string of the molecule is O=C(Nc1ccc(Cl)c(N2C(=O)[C@H]3C4c5ccccc5C(c5ccccc54)[C@@H]3C2=O)c1)c1ccc2ccccc2c1O. The molecule has 2 N–H and O–H groups in total. The summed E-state index contributed by atoms with van der Waals surface area (Å²) >= 11 is 6.62. The summed E-state index contributed by atoms with van der Waals surface area (Å²) in [6.45, 7) is 0. The maximum Gasteiger partial charge on any atom is 0.259 e. The lowest BCUT2D eigenvalue weighted by Gasteiger charge is -2.45. The first kappa shape index (κ1) is 24.8. The lowest BCUT2D eigenvalue weighted by atomic mass is 9.55. The first-order chi connectivity index (χ1) is 20.4. The van der Waals surface area contributed by atoms with Crippen molar-refractivity contribution >= 4 is 51.5 Å². The highest BCUT2D eigenvalue weighted by Crippen LogP contribution is 2.61. The van der Waals surface area contributed by atoms with Gasteiger partial charge in [-0.2, -0.15) is 0 Å². The molecule has 1 fully saturated rings. The van der Waals surface area contributed by atoms with Crippen molar-refractivity contribution in [3.05, 3.63) is 136 Å². The van der Waals surface area contributed by atoms with Crippen molar-refractivity contribution in [3.8, 4) is 5.75 Å². The first-order valence-corrected chi connectivity index (χ1v) is 14.2. The van der Waals surface area contributed by atoms with Gasteiger partial charge >= 0.3 is 0 Å². The molecule has 4 aliphatic rings. The zero-order valence-corrected chi connectivity index (χ0v) is 22.9. The predicted octanol–water partition coefficient (Wildman–Crippen LogP) is 6.85. The van der Waals surface area contributed by atoms with Crippen molar-refractivity contribution in [2.45, 2.75) is 11.8 Å². The Bertz CT molecular complexity index is 1890. The van der Waals surface area contributed by atoms with Crippen molar-refractivity contribution in [3.63, 3.8) is 0 Å². The van der Waals surface area contributed by atoms with Crippen LogP contribution in [-0.2, 0) is 9.59 Å². The molecule has 2 bridgehead atoms. The molecule has 9 rings (SSSR count). The van der Waals surface area contributed by atoms with Crippen LogP contribution in [0.3, 0.4) is 0 Å². The number of benzene rings is 5. The molecule has 0 spiro atoms. The molecule has 204 valence electrons. The number of hydrogen-bond acceptors (Lipinski definition) is 4. The van der Waals surface area contributed by atoms with Crippen molar-refractivity contribution in [2.24, 2.45) is 11.8 Å². The number of phenolic OH excluding ortho intramolecular Hbond substituents is 1. The molecule has 0 unspecified atom stereocenters. The molecular formula is C35H23ClN2O4. The number of nitrogens with zero attached hydrogens (tertiary/aromatic N) is 1. The van der Waals surface area contributed by atoms with E-state index in [2.05, 4.69) is 29.6 Å². The molecule has 1 aliphatic heterocycles. The summed E-state index contributed by atoms with van der Waals surface area (Å²) in [5.41, 5.74) is 5.05. The normalized spacial score (nSPS) is 21.7. The van der Waals surface area contributed by atoms with Crippen molar-refractivity contribution in [1.29, 1.82) is 0 Å². The predicted molar refractivity (Wildman–Crippen MR) is 161 cm³/mol. The minimum absolute atomic E-state index is 0.108. The van der Waals surface area contributed by atoms with Gasteiger partial charge in [0, 0.05) is 22.9 Å². The Hall–Kier alpha value is -4.94. The zero-order valence-electron chi connectivity index (χ0n) is 22.1. The molecule has 1 heterocycles. The number of aromatic hydroxyl groups is 1. The van der Waals surface area contributed by atoms with E-state index in [-0.39, 0.29) is 45.7 Å². The summed E-state index contributed by atoms with van der Waals surface area (Å²) in [6.07, 6.45) is 0. The summed E-state index contributed by atoms with van der Waals surface area (Å²) in [5.74, 6) is -2.78. The van der Waals surface area contributed by atoms with Crippen LogP contribution in [0.1, 0.15) is 44.4 Å². The van der Waals surface area contributed by atoms with E-state index in [1.54, 1.807) is 42.5 Å². The summed E-state index contributed by atoms with van der Waals surface area (Å²) in [6, 6.07) is 31.5. The Morgan fingerprint density at radius 3 is 1.86 bits per heavy atom. The number of anilines is 2. The van der Waals surface area contributed by atoms with E-state index in [1.807, 2.05) is 36.4 Å². The van der Waals surface area contributed by atoms with Crippen LogP contribution in [0.2, 0.25) is 5.02 Å². The maximum atomic E-state index is 14.2. The lowest BCUT2D eigenvalue weighted by molar-refractivity contribution is -0.122. The highest BCUT2D eigenvalue weighted by atomic mass is 35.5. The molecule has 7 heteroatoms. The van der Waals surface area contributed by atoms with Gasteiger partial charge in [0.25, 0.3) is 5.91 Å². The average molecular weight is 571 g/mol. The number of rotatable bonds is 3. The third-order valence-corrected chi connectivity index (χ3v) is 9.36. The Balaban J connectivity index is 1.16. The van der Waals surface area contributed by atoms with Crippen molar-refractivity contribution in [1.82, 2.24) is 0 Å². The van der Waals surface area contributed by atoms with E-state index in [0.29, 0.717) is 11.1 Å². The third kappa shape index (κ3) is 3.36. The van der Waals surface area contributed by atoms with E-state index in [0.717, 1.165) is 27.6 Å². The highest BCUT2D eigenvalue weighted by Gasteiger charge is 2.62. The summed E-state index contributed by atoms with van der Waals surface area (Å²) in [5, 5.41) is 15.2. The van der Waals surface area contributed by atoms with E-state index in [4.69, 9.17) is 11.6 Å². The van der Waals surface area contributed by atoms with Gasteiger partial charge in [-0.15, -0.1) is 0 Å².